The first kappa shape index (κ1) is 16.1. The highest BCUT2D eigenvalue weighted by Crippen LogP contribution is 2.02. The molecule has 0 heterocycles. The van der Waals surface area contributed by atoms with Crippen molar-refractivity contribution in [1.29, 1.82) is 0 Å². The van der Waals surface area contributed by atoms with Crippen LogP contribution in [0.15, 0.2) is 24.3 Å². The molecule has 5 nitrogen and oxygen atoms in total. The molecule has 2 amide bonds. The number of aryl methyl sites for hydroxylation is 1. The second-order valence-corrected chi connectivity index (χ2v) is 4.84. The number of hydrazine groups is 1. The van der Waals surface area contributed by atoms with Crippen LogP contribution in [0.1, 0.15) is 42.1 Å². The zero-order chi connectivity index (χ0) is 15.0. The second-order valence-electron chi connectivity index (χ2n) is 4.43. The summed E-state index contributed by atoms with van der Waals surface area (Å²) in [5.74, 6) is -0.465. The first-order valence-corrected chi connectivity index (χ1v) is 6.90. The van der Waals surface area contributed by atoms with Crippen molar-refractivity contribution < 1.29 is 9.59 Å². The maximum absolute atomic E-state index is 11.8. The number of nitrogens with one attached hydrogen (secondary N) is 3. The molecule has 0 aromatic heterocycles. The summed E-state index contributed by atoms with van der Waals surface area (Å²) in [6, 6.07) is 7.17. The quantitative estimate of drug-likeness (QED) is 0.585. The Bertz CT molecular complexity index is 503. The molecule has 0 fully saturated rings. The van der Waals surface area contributed by atoms with Gasteiger partial charge in [-0.05, 0) is 37.7 Å². The normalized spacial score (nSPS) is 9.70. The number of benzene rings is 1. The molecular weight excluding hydrogens is 274 g/mol. The molecule has 20 heavy (non-hydrogen) atoms. The summed E-state index contributed by atoms with van der Waals surface area (Å²) in [5.41, 5.74) is 6.47. The fourth-order valence-electron chi connectivity index (χ4n) is 1.53. The van der Waals surface area contributed by atoms with Crippen molar-refractivity contribution in [2.45, 2.75) is 33.1 Å². The lowest BCUT2D eigenvalue weighted by molar-refractivity contribution is -0.119. The number of rotatable bonds is 4. The Balaban J connectivity index is 2.37. The van der Waals surface area contributed by atoms with Crippen molar-refractivity contribution in [1.82, 2.24) is 16.2 Å². The van der Waals surface area contributed by atoms with Gasteiger partial charge >= 0.3 is 0 Å². The molecule has 0 unspecified atom stereocenters. The predicted octanol–water partition coefficient (Wildman–Crippen LogP) is 1.82. The summed E-state index contributed by atoms with van der Waals surface area (Å²) >= 11 is 4.92. The van der Waals surface area contributed by atoms with Crippen LogP contribution < -0.4 is 16.2 Å². The minimum absolute atomic E-state index is 0.0899. The molecule has 0 radical (unpaired) electrons. The third kappa shape index (κ3) is 5.79. The summed E-state index contributed by atoms with van der Waals surface area (Å²) in [6.07, 6.45) is 2.17. The molecular formula is C14H19N3O2S. The Kier molecular flexibility index (Phi) is 6.66. The van der Waals surface area contributed by atoms with Gasteiger partial charge < -0.3 is 5.32 Å². The number of carbonyl (C=O) groups is 2. The second kappa shape index (κ2) is 8.27. The zero-order valence-corrected chi connectivity index (χ0v) is 12.5. The fourth-order valence-corrected chi connectivity index (χ4v) is 1.69. The van der Waals surface area contributed by atoms with E-state index in [0.29, 0.717) is 12.0 Å². The Morgan fingerprint density at radius 3 is 2.65 bits per heavy atom. The van der Waals surface area contributed by atoms with E-state index in [1.165, 1.54) is 0 Å². The van der Waals surface area contributed by atoms with Gasteiger partial charge in [-0.1, -0.05) is 31.0 Å². The van der Waals surface area contributed by atoms with Crippen molar-refractivity contribution in [3.05, 3.63) is 35.4 Å². The van der Waals surface area contributed by atoms with Crippen LogP contribution in [-0.4, -0.2) is 16.9 Å². The predicted molar refractivity (Wildman–Crippen MR) is 82.0 cm³/mol. The molecule has 0 saturated carbocycles. The minimum Gasteiger partial charge on any atom is -0.302 e. The topological polar surface area (TPSA) is 70.2 Å². The first-order chi connectivity index (χ1) is 9.52. The van der Waals surface area contributed by atoms with Crippen molar-refractivity contribution in [3.63, 3.8) is 0 Å². The Labute approximate surface area is 124 Å². The number of thiocarbonyl (C=S) groups is 1. The summed E-state index contributed by atoms with van der Waals surface area (Å²) in [4.78, 5) is 23.2. The largest absolute Gasteiger partial charge is 0.302 e. The number of amides is 2. The monoisotopic (exact) mass is 293 g/mol. The van der Waals surface area contributed by atoms with E-state index < -0.39 is 0 Å². The lowest BCUT2D eigenvalue weighted by Crippen LogP contribution is -2.48. The molecule has 6 heteroatoms. The van der Waals surface area contributed by atoms with Crippen LogP contribution in [0.2, 0.25) is 0 Å². The molecule has 3 N–H and O–H groups in total. The molecule has 0 aliphatic rings. The van der Waals surface area contributed by atoms with Gasteiger partial charge in [0, 0.05) is 12.0 Å². The highest BCUT2D eigenvalue weighted by molar-refractivity contribution is 7.80. The summed E-state index contributed by atoms with van der Waals surface area (Å²) in [7, 11) is 0. The smallest absolute Gasteiger partial charge is 0.269 e. The van der Waals surface area contributed by atoms with Crippen LogP contribution in [0.5, 0.6) is 0 Å². The van der Waals surface area contributed by atoms with Crippen LogP contribution in [0.4, 0.5) is 0 Å². The zero-order valence-electron chi connectivity index (χ0n) is 11.7. The number of unbranched alkanes of at least 4 members (excludes halogenated alkanes) is 1. The summed E-state index contributed by atoms with van der Waals surface area (Å²) in [6.45, 7) is 3.91. The first-order valence-electron chi connectivity index (χ1n) is 6.49. The lowest BCUT2D eigenvalue weighted by Gasteiger charge is -2.10. The van der Waals surface area contributed by atoms with E-state index in [0.717, 1.165) is 18.4 Å². The molecule has 0 bridgehead atoms. The van der Waals surface area contributed by atoms with Crippen LogP contribution in [0, 0.1) is 6.92 Å². The van der Waals surface area contributed by atoms with Crippen molar-refractivity contribution in [2.24, 2.45) is 0 Å². The van der Waals surface area contributed by atoms with E-state index in [9.17, 15) is 9.59 Å². The number of hydrogen-bond donors (Lipinski definition) is 3. The van der Waals surface area contributed by atoms with E-state index in [4.69, 9.17) is 12.2 Å². The van der Waals surface area contributed by atoms with Crippen molar-refractivity contribution >= 4 is 29.1 Å². The van der Waals surface area contributed by atoms with Crippen LogP contribution in [-0.2, 0) is 4.79 Å². The van der Waals surface area contributed by atoms with Gasteiger partial charge in [0.1, 0.15) is 0 Å². The van der Waals surface area contributed by atoms with E-state index in [2.05, 4.69) is 16.2 Å². The van der Waals surface area contributed by atoms with Crippen molar-refractivity contribution in [3.8, 4) is 0 Å². The van der Waals surface area contributed by atoms with Crippen LogP contribution in [0.25, 0.3) is 0 Å². The van der Waals surface area contributed by atoms with Gasteiger partial charge in [-0.2, -0.15) is 0 Å². The van der Waals surface area contributed by atoms with Gasteiger partial charge in [0.25, 0.3) is 5.91 Å². The van der Waals surface area contributed by atoms with Gasteiger partial charge in [0.2, 0.25) is 5.91 Å². The summed E-state index contributed by atoms with van der Waals surface area (Å²) in [5, 5.41) is 2.59. The van der Waals surface area contributed by atoms with Gasteiger partial charge in [-0.3, -0.25) is 20.4 Å². The molecule has 0 spiro atoms. The highest BCUT2D eigenvalue weighted by atomic mass is 32.1. The Hall–Kier alpha value is -1.95. The minimum atomic E-state index is -0.307. The van der Waals surface area contributed by atoms with Gasteiger partial charge in [-0.15, -0.1) is 0 Å². The molecule has 108 valence electrons. The average Bonchev–Trinajstić information content (AvgIpc) is 2.42. The maximum atomic E-state index is 11.8. The van der Waals surface area contributed by atoms with Gasteiger partial charge in [-0.25, -0.2) is 0 Å². The van der Waals surface area contributed by atoms with E-state index >= 15 is 0 Å². The van der Waals surface area contributed by atoms with Gasteiger partial charge in [0.05, 0.1) is 0 Å². The van der Waals surface area contributed by atoms with Crippen LogP contribution in [0.3, 0.4) is 0 Å². The third-order valence-corrected chi connectivity index (χ3v) is 2.78. The molecule has 1 aromatic rings. The van der Waals surface area contributed by atoms with Crippen LogP contribution >= 0.6 is 12.2 Å². The van der Waals surface area contributed by atoms with E-state index in [1.807, 2.05) is 19.9 Å². The summed E-state index contributed by atoms with van der Waals surface area (Å²) < 4.78 is 0. The average molecular weight is 293 g/mol. The molecule has 0 saturated heterocycles. The molecule has 0 aliphatic carbocycles. The maximum Gasteiger partial charge on any atom is 0.269 e. The Morgan fingerprint density at radius 2 is 2.00 bits per heavy atom. The number of carbonyl (C=O) groups excluding carboxylic acids is 2. The Morgan fingerprint density at radius 1 is 1.25 bits per heavy atom. The number of hydrogen-bond acceptors (Lipinski definition) is 3. The van der Waals surface area contributed by atoms with Crippen molar-refractivity contribution in [2.75, 3.05) is 0 Å². The SMILES string of the molecule is CCCCC(=O)NC(=S)NNC(=O)c1cccc(C)c1. The molecule has 1 aromatic carbocycles. The third-order valence-electron chi connectivity index (χ3n) is 2.58. The van der Waals surface area contributed by atoms with E-state index in [-0.39, 0.29) is 16.9 Å². The van der Waals surface area contributed by atoms with Gasteiger partial charge in [0.15, 0.2) is 5.11 Å². The molecule has 1 rings (SSSR count). The fraction of sp³-hybridized carbons (Fsp3) is 0.357. The lowest BCUT2D eigenvalue weighted by atomic mass is 10.1. The highest BCUT2D eigenvalue weighted by Gasteiger charge is 2.07. The molecule has 0 aliphatic heterocycles. The molecule has 0 atom stereocenters. The standard InChI is InChI=1S/C14H19N3O2S/c1-3-4-8-12(18)15-14(20)17-16-13(19)11-7-5-6-10(2)9-11/h5-7,9H,3-4,8H2,1-2H3,(H,16,19)(H2,15,17,18,20). The van der Waals surface area contributed by atoms with E-state index in [1.54, 1.807) is 18.2 Å².